The number of nitrogens with one attached hydrogen (secondary N) is 2. The van der Waals surface area contributed by atoms with Gasteiger partial charge in [-0.1, -0.05) is 11.8 Å². The minimum absolute atomic E-state index is 0.130. The molecule has 5 nitrogen and oxygen atoms in total. The number of benzene rings is 1. The Bertz CT molecular complexity index is 707. The number of carbonyl (C=O) groups excluding carboxylic acids is 1. The zero-order valence-corrected chi connectivity index (χ0v) is 12.2. The van der Waals surface area contributed by atoms with Crippen molar-refractivity contribution in [1.82, 2.24) is 15.5 Å². The molecule has 0 spiro atoms. The number of hydrogen-bond acceptors (Lipinski definition) is 3. The van der Waals surface area contributed by atoms with Crippen LogP contribution in [0.5, 0.6) is 0 Å². The van der Waals surface area contributed by atoms with E-state index in [1.54, 1.807) is 12.3 Å². The normalized spacial score (nSPS) is 9.86. The van der Waals surface area contributed by atoms with Gasteiger partial charge in [-0.3, -0.25) is 9.89 Å². The molecule has 4 N–H and O–H groups in total. The van der Waals surface area contributed by atoms with E-state index in [2.05, 4.69) is 27.4 Å². The molecule has 0 saturated heterocycles. The van der Waals surface area contributed by atoms with E-state index in [-0.39, 0.29) is 5.91 Å². The molecule has 0 aliphatic rings. The van der Waals surface area contributed by atoms with Gasteiger partial charge in [-0.25, -0.2) is 0 Å². The standard InChI is InChI=1S/C16H18N4O/c1-11-6-13(4-3-5-17)8-14(7-11)16(21)18-9-15-10-19-20-12(15)2/h6-8,10H,5,9,17H2,1-2H3,(H,18,21)(H,19,20). The number of H-pyrrole nitrogens is 1. The zero-order valence-electron chi connectivity index (χ0n) is 12.2. The van der Waals surface area contributed by atoms with Gasteiger partial charge < -0.3 is 11.1 Å². The number of nitrogens with two attached hydrogens (primary N) is 1. The van der Waals surface area contributed by atoms with E-state index in [0.29, 0.717) is 18.7 Å². The van der Waals surface area contributed by atoms with Crippen LogP contribution < -0.4 is 11.1 Å². The lowest BCUT2D eigenvalue weighted by Gasteiger charge is -2.06. The van der Waals surface area contributed by atoms with Crippen LogP contribution in [0.4, 0.5) is 0 Å². The van der Waals surface area contributed by atoms with E-state index >= 15 is 0 Å². The molecular formula is C16H18N4O. The summed E-state index contributed by atoms with van der Waals surface area (Å²) in [5.41, 5.74) is 9.67. The molecule has 108 valence electrons. The van der Waals surface area contributed by atoms with Crippen molar-refractivity contribution in [3.8, 4) is 11.8 Å². The molecule has 0 atom stereocenters. The lowest BCUT2D eigenvalue weighted by Crippen LogP contribution is -2.23. The van der Waals surface area contributed by atoms with Crippen LogP contribution in [0.25, 0.3) is 0 Å². The number of rotatable bonds is 3. The molecule has 2 rings (SSSR count). The van der Waals surface area contributed by atoms with Crippen molar-refractivity contribution in [3.63, 3.8) is 0 Å². The Hall–Kier alpha value is -2.58. The topological polar surface area (TPSA) is 83.8 Å². The van der Waals surface area contributed by atoms with Gasteiger partial charge in [0.1, 0.15) is 0 Å². The summed E-state index contributed by atoms with van der Waals surface area (Å²) in [6.07, 6.45) is 1.71. The van der Waals surface area contributed by atoms with Gasteiger partial charge in [0.25, 0.3) is 5.91 Å². The van der Waals surface area contributed by atoms with Crippen LogP contribution in [0.3, 0.4) is 0 Å². The average molecular weight is 282 g/mol. The van der Waals surface area contributed by atoms with Crippen LogP contribution in [0.2, 0.25) is 0 Å². The second-order valence-corrected chi connectivity index (χ2v) is 4.80. The second kappa shape index (κ2) is 6.73. The predicted octanol–water partition coefficient (Wildman–Crippen LogP) is 1.27. The summed E-state index contributed by atoms with van der Waals surface area (Å²) in [5.74, 6) is 5.61. The highest BCUT2D eigenvalue weighted by molar-refractivity contribution is 5.94. The summed E-state index contributed by atoms with van der Waals surface area (Å²) in [7, 11) is 0. The number of hydrogen-bond donors (Lipinski definition) is 3. The predicted molar refractivity (Wildman–Crippen MR) is 81.6 cm³/mol. The number of aryl methyl sites for hydroxylation is 2. The average Bonchev–Trinajstić information content (AvgIpc) is 2.87. The first kappa shape index (κ1) is 14.8. The fourth-order valence-electron chi connectivity index (χ4n) is 1.97. The van der Waals surface area contributed by atoms with Gasteiger partial charge in [0.15, 0.2) is 0 Å². The van der Waals surface area contributed by atoms with Gasteiger partial charge in [-0.2, -0.15) is 5.10 Å². The van der Waals surface area contributed by atoms with E-state index in [1.165, 1.54) is 0 Å². The smallest absolute Gasteiger partial charge is 0.251 e. The van der Waals surface area contributed by atoms with Gasteiger partial charge in [0.05, 0.1) is 12.7 Å². The molecule has 0 unspecified atom stereocenters. The van der Waals surface area contributed by atoms with Crippen molar-refractivity contribution in [3.05, 3.63) is 52.3 Å². The van der Waals surface area contributed by atoms with Crippen molar-refractivity contribution < 1.29 is 4.79 Å². The molecular weight excluding hydrogens is 264 g/mol. The quantitative estimate of drug-likeness (QED) is 0.741. The molecule has 1 aromatic heterocycles. The SMILES string of the molecule is Cc1cc(C#CCN)cc(C(=O)NCc2cn[nH]c2C)c1. The number of aromatic amines is 1. The van der Waals surface area contributed by atoms with Crippen LogP contribution in [0, 0.1) is 25.7 Å². The summed E-state index contributed by atoms with van der Waals surface area (Å²) in [4.78, 5) is 12.2. The zero-order chi connectivity index (χ0) is 15.2. The molecule has 1 amide bonds. The second-order valence-electron chi connectivity index (χ2n) is 4.80. The minimum Gasteiger partial charge on any atom is -0.348 e. The Balaban J connectivity index is 2.11. The number of aromatic nitrogens is 2. The molecule has 5 heteroatoms. The Kier molecular flexibility index (Phi) is 4.75. The van der Waals surface area contributed by atoms with E-state index in [4.69, 9.17) is 5.73 Å². The summed E-state index contributed by atoms with van der Waals surface area (Å²) < 4.78 is 0. The number of nitrogens with zero attached hydrogens (tertiary/aromatic N) is 1. The first-order chi connectivity index (χ1) is 10.1. The summed E-state index contributed by atoms with van der Waals surface area (Å²) in [6.45, 7) is 4.60. The third-order valence-corrected chi connectivity index (χ3v) is 3.05. The molecule has 0 aliphatic heterocycles. The Morgan fingerprint density at radius 1 is 1.38 bits per heavy atom. The summed E-state index contributed by atoms with van der Waals surface area (Å²) in [5, 5.41) is 9.65. The third-order valence-electron chi connectivity index (χ3n) is 3.05. The Labute approximate surface area is 123 Å². The van der Waals surface area contributed by atoms with Crippen LogP contribution in [-0.2, 0) is 6.54 Å². The van der Waals surface area contributed by atoms with Crippen molar-refractivity contribution in [2.75, 3.05) is 6.54 Å². The van der Waals surface area contributed by atoms with E-state index in [0.717, 1.165) is 22.4 Å². The molecule has 0 saturated carbocycles. The van der Waals surface area contributed by atoms with Gasteiger partial charge in [-0.15, -0.1) is 0 Å². The van der Waals surface area contributed by atoms with Crippen LogP contribution in [0.1, 0.15) is 32.7 Å². The molecule has 0 bridgehead atoms. The summed E-state index contributed by atoms with van der Waals surface area (Å²) in [6, 6.07) is 5.54. The van der Waals surface area contributed by atoms with Crippen LogP contribution in [0.15, 0.2) is 24.4 Å². The van der Waals surface area contributed by atoms with Crippen LogP contribution >= 0.6 is 0 Å². The van der Waals surface area contributed by atoms with Crippen molar-refractivity contribution >= 4 is 5.91 Å². The fraction of sp³-hybridized carbons (Fsp3) is 0.250. The Morgan fingerprint density at radius 3 is 2.86 bits per heavy atom. The van der Waals surface area contributed by atoms with Gasteiger partial charge in [-0.05, 0) is 37.6 Å². The van der Waals surface area contributed by atoms with Gasteiger partial charge in [0, 0.05) is 28.9 Å². The fourth-order valence-corrected chi connectivity index (χ4v) is 1.97. The monoisotopic (exact) mass is 282 g/mol. The maximum Gasteiger partial charge on any atom is 0.251 e. The van der Waals surface area contributed by atoms with E-state index in [1.807, 2.05) is 26.0 Å². The molecule has 0 radical (unpaired) electrons. The highest BCUT2D eigenvalue weighted by atomic mass is 16.1. The lowest BCUT2D eigenvalue weighted by atomic mass is 10.1. The molecule has 0 aliphatic carbocycles. The molecule has 0 fully saturated rings. The van der Waals surface area contributed by atoms with E-state index in [9.17, 15) is 4.79 Å². The third kappa shape index (κ3) is 3.94. The summed E-state index contributed by atoms with van der Waals surface area (Å²) >= 11 is 0. The van der Waals surface area contributed by atoms with Gasteiger partial charge in [0.2, 0.25) is 0 Å². The van der Waals surface area contributed by atoms with E-state index < -0.39 is 0 Å². The Morgan fingerprint density at radius 2 is 2.19 bits per heavy atom. The highest BCUT2D eigenvalue weighted by Gasteiger charge is 2.08. The van der Waals surface area contributed by atoms with Gasteiger partial charge >= 0.3 is 0 Å². The first-order valence-corrected chi connectivity index (χ1v) is 6.68. The first-order valence-electron chi connectivity index (χ1n) is 6.68. The maximum absolute atomic E-state index is 12.2. The minimum atomic E-state index is -0.130. The molecule has 1 heterocycles. The lowest BCUT2D eigenvalue weighted by molar-refractivity contribution is 0.0951. The van der Waals surface area contributed by atoms with Crippen molar-refractivity contribution in [2.45, 2.75) is 20.4 Å². The number of carbonyl (C=O) groups is 1. The largest absolute Gasteiger partial charge is 0.348 e. The van der Waals surface area contributed by atoms with Crippen molar-refractivity contribution in [2.24, 2.45) is 5.73 Å². The van der Waals surface area contributed by atoms with Crippen molar-refractivity contribution in [1.29, 1.82) is 0 Å². The molecule has 2 aromatic rings. The molecule has 1 aromatic carbocycles. The molecule has 21 heavy (non-hydrogen) atoms. The van der Waals surface area contributed by atoms with Crippen LogP contribution in [-0.4, -0.2) is 22.6 Å². The highest BCUT2D eigenvalue weighted by Crippen LogP contribution is 2.10. The maximum atomic E-state index is 12.2. The number of amides is 1.